The van der Waals surface area contributed by atoms with Gasteiger partial charge in [0, 0.05) is 50.0 Å². The van der Waals surface area contributed by atoms with E-state index >= 15 is 0 Å². The second kappa shape index (κ2) is 14.5. The summed E-state index contributed by atoms with van der Waals surface area (Å²) in [5, 5.41) is 15.6. The summed E-state index contributed by atoms with van der Waals surface area (Å²) in [5.74, 6) is 0.196. The molecule has 0 radical (unpaired) electrons. The summed E-state index contributed by atoms with van der Waals surface area (Å²) in [4.78, 5) is 10.2. The molecule has 0 saturated heterocycles. The lowest BCUT2D eigenvalue weighted by Gasteiger charge is -2.26. The van der Waals surface area contributed by atoms with Crippen LogP contribution < -0.4 is 0 Å². The molecule has 0 aliphatic carbocycles. The lowest BCUT2D eigenvalue weighted by Crippen LogP contribution is -2.16. The summed E-state index contributed by atoms with van der Waals surface area (Å²) in [5.41, 5.74) is 15.2. The van der Waals surface area contributed by atoms with Gasteiger partial charge in [-0.2, -0.15) is 0 Å². The van der Waals surface area contributed by atoms with E-state index in [1.165, 1.54) is 21.9 Å². The van der Waals surface area contributed by atoms with Crippen molar-refractivity contribution in [3.8, 4) is 67.5 Å². The van der Waals surface area contributed by atoms with Gasteiger partial charge in [-0.05, 0) is 93.2 Å². The van der Waals surface area contributed by atoms with E-state index in [1.807, 2.05) is 36.9 Å². The third kappa shape index (κ3) is 6.86. The lowest BCUT2D eigenvalue weighted by atomic mass is 9.79. The summed E-state index contributed by atoms with van der Waals surface area (Å²) >= 11 is 0. The van der Waals surface area contributed by atoms with Gasteiger partial charge in [-0.1, -0.05) is 139 Å². The van der Waals surface area contributed by atoms with Gasteiger partial charge in [0.15, 0.2) is 0 Å². The molecule has 6 aromatic carbocycles. The Morgan fingerprint density at radius 2 is 1.13 bits per heavy atom. The number of aromatic hydroxyl groups is 1. The maximum atomic E-state index is 11.1. The number of aromatic nitrogens is 3. The molecule has 0 saturated carbocycles. The SMILES string of the molecule is CC(C)(C)c1cc(-c2cc(-c3cccc(-c4cc(-c5cccc6c7ccccc7n(-c7cccc8cocc78)c56)ccn4)c3)nc(-c3ccccc3O)c2)cc(C(C)(C)C)c1. The van der Waals surface area contributed by atoms with Crippen molar-refractivity contribution >= 4 is 32.6 Å². The molecular weight excluding hydrogens is 747 g/mol. The predicted molar refractivity (Wildman–Crippen MR) is 252 cm³/mol. The van der Waals surface area contributed by atoms with Gasteiger partial charge in [0.05, 0.1) is 40.1 Å². The first-order valence-electron chi connectivity index (χ1n) is 20.9. The molecule has 298 valence electrons. The molecule has 0 aliphatic heterocycles. The Morgan fingerprint density at radius 1 is 0.492 bits per heavy atom. The number of pyridine rings is 2. The van der Waals surface area contributed by atoms with Crippen LogP contribution in [0, 0.1) is 0 Å². The molecule has 4 heterocycles. The highest BCUT2D eigenvalue weighted by molar-refractivity contribution is 6.14. The second-order valence-electron chi connectivity index (χ2n) is 18.2. The van der Waals surface area contributed by atoms with Crippen molar-refractivity contribution in [2.75, 3.05) is 0 Å². The Hall–Kier alpha value is -7.24. The Kier molecular flexibility index (Phi) is 9.03. The minimum atomic E-state index is -0.0434. The zero-order valence-corrected chi connectivity index (χ0v) is 35.4. The lowest BCUT2D eigenvalue weighted by molar-refractivity contribution is 0.477. The Balaban J connectivity index is 1.12. The number of furan rings is 1. The van der Waals surface area contributed by atoms with E-state index in [0.717, 1.165) is 72.3 Å². The highest BCUT2D eigenvalue weighted by atomic mass is 16.3. The fraction of sp³-hybridized carbons (Fsp3) is 0.143. The summed E-state index contributed by atoms with van der Waals surface area (Å²) in [6, 6.07) is 53.0. The van der Waals surface area contributed by atoms with Crippen LogP contribution in [0.1, 0.15) is 52.7 Å². The van der Waals surface area contributed by atoms with Crippen LogP contribution in [0.2, 0.25) is 0 Å². The molecule has 0 fully saturated rings. The summed E-state index contributed by atoms with van der Waals surface area (Å²) < 4.78 is 8.08. The first-order valence-corrected chi connectivity index (χ1v) is 20.9. The van der Waals surface area contributed by atoms with Crippen LogP contribution in [0.25, 0.3) is 94.3 Å². The van der Waals surface area contributed by atoms with Gasteiger partial charge in [0.25, 0.3) is 0 Å². The third-order valence-electron chi connectivity index (χ3n) is 12.0. The molecule has 4 aromatic heterocycles. The number of hydrogen-bond donors (Lipinski definition) is 1. The molecule has 0 bridgehead atoms. The number of fused-ring (bicyclic) bond motifs is 4. The quantitative estimate of drug-likeness (QED) is 0.182. The topological polar surface area (TPSA) is 64.1 Å². The predicted octanol–water partition coefficient (Wildman–Crippen LogP) is 15.0. The van der Waals surface area contributed by atoms with Gasteiger partial charge in [-0.15, -0.1) is 0 Å². The summed E-state index contributed by atoms with van der Waals surface area (Å²) in [6.45, 7) is 13.6. The third-order valence-corrected chi connectivity index (χ3v) is 12.0. The van der Waals surface area contributed by atoms with Crippen molar-refractivity contribution in [2.24, 2.45) is 0 Å². The second-order valence-corrected chi connectivity index (χ2v) is 18.2. The van der Waals surface area contributed by atoms with Crippen molar-refractivity contribution in [2.45, 2.75) is 52.4 Å². The van der Waals surface area contributed by atoms with Gasteiger partial charge >= 0.3 is 0 Å². The zero-order valence-electron chi connectivity index (χ0n) is 35.4. The molecule has 5 nitrogen and oxygen atoms in total. The fourth-order valence-electron chi connectivity index (χ4n) is 8.60. The molecular formula is C56H47N3O2. The maximum Gasteiger partial charge on any atom is 0.124 e. The van der Waals surface area contributed by atoms with Crippen molar-refractivity contribution in [1.29, 1.82) is 0 Å². The average Bonchev–Trinajstić information content (AvgIpc) is 3.89. The zero-order chi connectivity index (χ0) is 42.0. The molecule has 0 aliphatic rings. The van der Waals surface area contributed by atoms with E-state index in [1.54, 1.807) is 6.07 Å². The van der Waals surface area contributed by atoms with Crippen LogP contribution in [0.15, 0.2) is 175 Å². The van der Waals surface area contributed by atoms with Gasteiger partial charge in [-0.25, -0.2) is 4.98 Å². The molecule has 10 aromatic rings. The average molecular weight is 794 g/mol. The Morgan fingerprint density at radius 3 is 1.92 bits per heavy atom. The Labute approximate surface area is 356 Å². The van der Waals surface area contributed by atoms with Crippen molar-refractivity contribution in [1.82, 2.24) is 14.5 Å². The van der Waals surface area contributed by atoms with Crippen molar-refractivity contribution < 1.29 is 9.52 Å². The van der Waals surface area contributed by atoms with Crippen LogP contribution in [0.3, 0.4) is 0 Å². The monoisotopic (exact) mass is 793 g/mol. The van der Waals surface area contributed by atoms with Crippen LogP contribution in [-0.4, -0.2) is 19.6 Å². The van der Waals surface area contributed by atoms with Gasteiger partial charge in [0.1, 0.15) is 12.0 Å². The highest BCUT2D eigenvalue weighted by Crippen LogP contribution is 2.42. The molecule has 0 unspecified atom stereocenters. The molecule has 10 rings (SSSR count). The largest absolute Gasteiger partial charge is 0.507 e. The van der Waals surface area contributed by atoms with Crippen molar-refractivity contribution in [3.63, 3.8) is 0 Å². The fourth-order valence-corrected chi connectivity index (χ4v) is 8.60. The summed E-state index contributed by atoms with van der Waals surface area (Å²) in [6.07, 6.45) is 5.56. The first kappa shape index (κ1) is 38.0. The van der Waals surface area contributed by atoms with E-state index in [0.29, 0.717) is 11.3 Å². The first-order chi connectivity index (χ1) is 29.4. The van der Waals surface area contributed by atoms with Gasteiger partial charge in [-0.3, -0.25) is 4.98 Å². The molecule has 0 spiro atoms. The minimum absolute atomic E-state index is 0.0434. The van der Waals surface area contributed by atoms with E-state index in [2.05, 4.69) is 174 Å². The number of nitrogens with zero attached hydrogens (tertiary/aromatic N) is 3. The summed E-state index contributed by atoms with van der Waals surface area (Å²) in [7, 11) is 0. The Bertz CT molecular complexity index is 3270. The number of hydrogen-bond acceptors (Lipinski definition) is 4. The number of benzene rings is 6. The van der Waals surface area contributed by atoms with Crippen LogP contribution >= 0.6 is 0 Å². The highest BCUT2D eigenvalue weighted by Gasteiger charge is 2.23. The van der Waals surface area contributed by atoms with Crippen LogP contribution in [0.5, 0.6) is 5.75 Å². The number of rotatable bonds is 6. The standard InChI is InChI=1S/C56H47N3O2/c1-55(2,3)41-27-39(28-42(32-41)56(4,5)6)40-30-49(58-50(31-40)46-18-8-10-23-53(46)60)37-15-11-14-36(26-37)48-29-35(24-25-57-48)43-19-13-20-45-44-17-7-9-21-51(44)59(54(43)45)52-22-12-16-38-33-61-34-47(38)52/h7-34,60H,1-6H3. The van der Waals surface area contributed by atoms with E-state index in [-0.39, 0.29) is 16.6 Å². The number of para-hydroxylation sites is 3. The molecule has 0 atom stereocenters. The molecule has 1 N–H and O–H groups in total. The van der Waals surface area contributed by atoms with Gasteiger partial charge < -0.3 is 14.1 Å². The normalized spacial score (nSPS) is 12.2. The maximum absolute atomic E-state index is 11.1. The molecule has 5 heteroatoms. The minimum Gasteiger partial charge on any atom is -0.507 e. The van der Waals surface area contributed by atoms with Crippen LogP contribution in [-0.2, 0) is 10.8 Å². The number of phenolic OH excluding ortho intramolecular Hbond substituents is 1. The van der Waals surface area contributed by atoms with Crippen LogP contribution in [0.4, 0.5) is 0 Å². The van der Waals surface area contributed by atoms with Crippen molar-refractivity contribution in [3.05, 3.63) is 182 Å². The molecule has 0 amide bonds. The van der Waals surface area contributed by atoms with E-state index in [9.17, 15) is 5.11 Å². The van der Waals surface area contributed by atoms with E-state index in [4.69, 9.17) is 14.4 Å². The molecule has 61 heavy (non-hydrogen) atoms. The smallest absolute Gasteiger partial charge is 0.124 e. The number of phenols is 1. The van der Waals surface area contributed by atoms with Gasteiger partial charge in [0.2, 0.25) is 0 Å². The van der Waals surface area contributed by atoms with E-state index < -0.39 is 0 Å².